The van der Waals surface area contributed by atoms with Crippen LogP contribution in [0.1, 0.15) is 28.8 Å². The van der Waals surface area contributed by atoms with Gasteiger partial charge in [-0.15, -0.1) is 0 Å². The molecular formula is C17H19N3O4S. The molecule has 8 heteroatoms. The summed E-state index contributed by atoms with van der Waals surface area (Å²) in [6, 6.07) is 7.93. The van der Waals surface area contributed by atoms with Crippen LogP contribution in [0.15, 0.2) is 47.6 Å². The Hall–Kier alpha value is -2.45. The van der Waals surface area contributed by atoms with Gasteiger partial charge in [0.25, 0.3) is 5.91 Å². The number of benzene rings is 1. The third-order valence-corrected chi connectivity index (χ3v) is 5.36. The van der Waals surface area contributed by atoms with Crippen molar-refractivity contribution in [2.45, 2.75) is 30.3 Å². The van der Waals surface area contributed by atoms with Crippen LogP contribution in [0.3, 0.4) is 0 Å². The molecular weight excluding hydrogens is 342 g/mol. The third-order valence-electron chi connectivity index (χ3n) is 3.82. The highest BCUT2D eigenvalue weighted by Crippen LogP contribution is 2.28. The lowest BCUT2D eigenvalue weighted by Crippen LogP contribution is -2.27. The zero-order valence-corrected chi connectivity index (χ0v) is 14.5. The predicted octanol–water partition coefficient (Wildman–Crippen LogP) is 1.46. The molecule has 0 spiro atoms. The molecule has 1 saturated carbocycles. The molecule has 0 bridgehead atoms. The van der Waals surface area contributed by atoms with Crippen molar-refractivity contribution in [3.05, 3.63) is 53.9 Å². The van der Waals surface area contributed by atoms with Crippen LogP contribution in [0.5, 0.6) is 5.75 Å². The highest BCUT2D eigenvalue weighted by atomic mass is 32.2. The van der Waals surface area contributed by atoms with E-state index in [9.17, 15) is 13.2 Å². The van der Waals surface area contributed by atoms with E-state index < -0.39 is 10.0 Å². The maximum absolute atomic E-state index is 12.5. The fraction of sp³-hybridized carbons (Fsp3) is 0.294. The molecule has 1 fully saturated rings. The van der Waals surface area contributed by atoms with Gasteiger partial charge in [0.1, 0.15) is 10.6 Å². The number of carbonyl (C=O) groups is 1. The molecule has 1 aliphatic rings. The van der Waals surface area contributed by atoms with Gasteiger partial charge in [-0.1, -0.05) is 0 Å². The van der Waals surface area contributed by atoms with Crippen molar-refractivity contribution in [3.8, 4) is 5.75 Å². The van der Waals surface area contributed by atoms with Gasteiger partial charge < -0.3 is 10.1 Å². The summed E-state index contributed by atoms with van der Waals surface area (Å²) in [5.41, 5.74) is 1.16. The van der Waals surface area contributed by atoms with E-state index >= 15 is 0 Å². The number of hydrogen-bond acceptors (Lipinski definition) is 5. The lowest BCUT2D eigenvalue weighted by molar-refractivity contribution is 0.0950. The molecule has 0 aliphatic heterocycles. The molecule has 0 atom stereocenters. The molecule has 1 aromatic heterocycles. The maximum atomic E-state index is 12.5. The first-order valence-corrected chi connectivity index (χ1v) is 9.35. The van der Waals surface area contributed by atoms with Crippen molar-refractivity contribution in [3.63, 3.8) is 0 Å². The Labute approximate surface area is 146 Å². The van der Waals surface area contributed by atoms with Crippen LogP contribution >= 0.6 is 0 Å². The van der Waals surface area contributed by atoms with Gasteiger partial charge in [-0.2, -0.15) is 0 Å². The standard InChI is InChI=1S/C17H19N3O4S/c1-24-15-5-2-13(10-16(15)25(22,23)20-14-3-4-14)17(21)19-11-12-6-8-18-9-7-12/h2,5-10,14,20H,3-4,11H2,1H3,(H,19,21). The van der Waals surface area contributed by atoms with Crippen molar-refractivity contribution in [2.24, 2.45) is 0 Å². The Kier molecular flexibility index (Phi) is 5.00. The summed E-state index contributed by atoms with van der Waals surface area (Å²) < 4.78 is 32.7. The highest BCUT2D eigenvalue weighted by molar-refractivity contribution is 7.89. The predicted molar refractivity (Wildman–Crippen MR) is 91.7 cm³/mol. The van der Waals surface area contributed by atoms with Crippen molar-refractivity contribution < 1.29 is 17.9 Å². The number of nitrogens with one attached hydrogen (secondary N) is 2. The second kappa shape index (κ2) is 7.20. The van der Waals surface area contributed by atoms with E-state index in [2.05, 4.69) is 15.0 Å². The fourth-order valence-corrected chi connectivity index (χ4v) is 3.80. The SMILES string of the molecule is COc1ccc(C(=O)NCc2ccncc2)cc1S(=O)(=O)NC1CC1. The molecule has 0 radical (unpaired) electrons. The smallest absolute Gasteiger partial charge is 0.251 e. The normalized spacial score (nSPS) is 14.1. The molecule has 2 N–H and O–H groups in total. The van der Waals surface area contributed by atoms with Crippen molar-refractivity contribution in [2.75, 3.05) is 7.11 Å². The minimum absolute atomic E-state index is 0.0288. The van der Waals surface area contributed by atoms with E-state index in [1.54, 1.807) is 24.5 Å². The molecule has 1 heterocycles. The van der Waals surface area contributed by atoms with Crippen LogP contribution in [0.4, 0.5) is 0 Å². The number of methoxy groups -OCH3 is 1. The molecule has 2 aromatic rings. The topological polar surface area (TPSA) is 97.4 Å². The summed E-state index contributed by atoms with van der Waals surface area (Å²) in [5.74, 6) is -0.152. The monoisotopic (exact) mass is 361 g/mol. The number of aromatic nitrogens is 1. The summed E-state index contributed by atoms with van der Waals surface area (Å²) in [5, 5.41) is 2.76. The average Bonchev–Trinajstić information content (AvgIpc) is 3.43. The number of pyridine rings is 1. The first-order chi connectivity index (χ1) is 12.0. The summed E-state index contributed by atoms with van der Waals surface area (Å²) in [6.07, 6.45) is 4.94. The van der Waals surface area contributed by atoms with Crippen LogP contribution in [-0.4, -0.2) is 32.5 Å². The zero-order valence-electron chi connectivity index (χ0n) is 13.7. The fourth-order valence-electron chi connectivity index (χ4n) is 2.30. The van der Waals surface area contributed by atoms with Gasteiger partial charge in [-0.05, 0) is 48.7 Å². The van der Waals surface area contributed by atoms with E-state index in [0.29, 0.717) is 6.54 Å². The number of ether oxygens (including phenoxy) is 1. The van der Waals surface area contributed by atoms with Gasteiger partial charge in [0.15, 0.2) is 0 Å². The van der Waals surface area contributed by atoms with Crippen LogP contribution in [0, 0.1) is 0 Å². The summed E-state index contributed by atoms with van der Waals surface area (Å²) in [6.45, 7) is 0.329. The minimum Gasteiger partial charge on any atom is -0.495 e. The van der Waals surface area contributed by atoms with Crippen LogP contribution in [0.25, 0.3) is 0 Å². The van der Waals surface area contributed by atoms with Gasteiger partial charge in [0.2, 0.25) is 10.0 Å². The first-order valence-electron chi connectivity index (χ1n) is 7.87. The lowest BCUT2D eigenvalue weighted by Gasteiger charge is -2.12. The van der Waals surface area contributed by atoms with E-state index in [-0.39, 0.29) is 28.2 Å². The number of amides is 1. The Balaban J connectivity index is 1.79. The van der Waals surface area contributed by atoms with Crippen molar-refractivity contribution in [1.29, 1.82) is 0 Å². The van der Waals surface area contributed by atoms with Gasteiger partial charge in [-0.3, -0.25) is 9.78 Å². The number of carbonyl (C=O) groups excluding carboxylic acids is 1. The third kappa shape index (κ3) is 4.34. The van der Waals surface area contributed by atoms with Crippen molar-refractivity contribution in [1.82, 2.24) is 15.0 Å². The molecule has 3 rings (SSSR count). The number of sulfonamides is 1. The van der Waals surface area contributed by atoms with E-state index in [1.807, 2.05) is 0 Å². The van der Waals surface area contributed by atoms with Gasteiger partial charge in [0.05, 0.1) is 7.11 Å². The molecule has 1 amide bonds. The minimum atomic E-state index is -3.73. The summed E-state index contributed by atoms with van der Waals surface area (Å²) in [4.78, 5) is 16.2. The Morgan fingerprint density at radius 2 is 1.96 bits per heavy atom. The second-order valence-corrected chi connectivity index (χ2v) is 7.48. The quantitative estimate of drug-likeness (QED) is 0.778. The molecule has 7 nitrogen and oxygen atoms in total. The Morgan fingerprint density at radius 1 is 1.24 bits per heavy atom. The van der Waals surface area contributed by atoms with E-state index in [0.717, 1.165) is 18.4 Å². The Bertz CT molecular complexity index is 865. The molecule has 132 valence electrons. The number of hydrogen-bond donors (Lipinski definition) is 2. The number of nitrogens with zero attached hydrogens (tertiary/aromatic N) is 1. The van der Waals surface area contributed by atoms with Crippen LogP contribution in [0.2, 0.25) is 0 Å². The zero-order chi connectivity index (χ0) is 17.9. The van der Waals surface area contributed by atoms with Gasteiger partial charge in [0, 0.05) is 30.5 Å². The molecule has 1 aromatic carbocycles. The lowest BCUT2D eigenvalue weighted by atomic mass is 10.2. The van der Waals surface area contributed by atoms with E-state index in [1.165, 1.54) is 25.3 Å². The Morgan fingerprint density at radius 3 is 2.60 bits per heavy atom. The largest absolute Gasteiger partial charge is 0.495 e. The highest BCUT2D eigenvalue weighted by Gasteiger charge is 2.30. The average molecular weight is 361 g/mol. The second-order valence-electron chi connectivity index (χ2n) is 5.80. The molecule has 0 saturated heterocycles. The maximum Gasteiger partial charge on any atom is 0.251 e. The van der Waals surface area contributed by atoms with Crippen LogP contribution in [-0.2, 0) is 16.6 Å². The van der Waals surface area contributed by atoms with E-state index in [4.69, 9.17) is 4.74 Å². The first kappa shape index (κ1) is 17.4. The number of rotatable bonds is 7. The summed E-state index contributed by atoms with van der Waals surface area (Å²) >= 11 is 0. The molecule has 25 heavy (non-hydrogen) atoms. The molecule has 0 unspecified atom stereocenters. The van der Waals surface area contributed by atoms with Crippen molar-refractivity contribution >= 4 is 15.9 Å². The van der Waals surface area contributed by atoms with Crippen LogP contribution < -0.4 is 14.8 Å². The summed E-state index contributed by atoms with van der Waals surface area (Å²) in [7, 11) is -2.33. The van der Waals surface area contributed by atoms with Gasteiger partial charge in [-0.25, -0.2) is 13.1 Å². The molecule has 1 aliphatic carbocycles. The van der Waals surface area contributed by atoms with Gasteiger partial charge >= 0.3 is 0 Å².